The van der Waals surface area contributed by atoms with Gasteiger partial charge in [-0.25, -0.2) is 9.18 Å². The Bertz CT molecular complexity index is 589. The van der Waals surface area contributed by atoms with E-state index < -0.39 is 11.8 Å². The van der Waals surface area contributed by atoms with Gasteiger partial charge in [-0.2, -0.15) is 0 Å². The highest BCUT2D eigenvalue weighted by Crippen LogP contribution is 2.05. The highest BCUT2D eigenvalue weighted by Gasteiger charge is 2.06. The van der Waals surface area contributed by atoms with Crippen molar-refractivity contribution in [2.45, 2.75) is 6.92 Å². The van der Waals surface area contributed by atoms with Crippen LogP contribution >= 0.6 is 0 Å². The molecule has 19 heavy (non-hydrogen) atoms. The van der Waals surface area contributed by atoms with Crippen molar-refractivity contribution < 1.29 is 14.0 Å². The topological polar surface area (TPSA) is 38.7 Å². The monoisotopic (exact) mass is 257 g/mol. The van der Waals surface area contributed by atoms with Gasteiger partial charge >= 0.3 is 5.97 Å². The van der Waals surface area contributed by atoms with E-state index in [1.54, 1.807) is 0 Å². The van der Waals surface area contributed by atoms with Gasteiger partial charge in [0, 0.05) is 0 Å². The molecule has 0 radical (unpaired) electrons. The molecule has 2 aromatic carbocycles. The lowest BCUT2D eigenvalue weighted by Crippen LogP contribution is -2.00. The Morgan fingerprint density at radius 1 is 1.11 bits per heavy atom. The molecule has 0 unspecified atom stereocenters. The van der Waals surface area contributed by atoms with Crippen LogP contribution in [0, 0.1) is 12.7 Å². The molecule has 0 atom stereocenters. The number of aryl methyl sites for hydroxylation is 1. The summed E-state index contributed by atoms with van der Waals surface area (Å²) < 4.78 is 12.7. The van der Waals surface area contributed by atoms with Gasteiger partial charge in [-0.05, 0) is 36.8 Å². The van der Waals surface area contributed by atoms with Crippen LogP contribution in [0.15, 0.2) is 53.7 Å². The van der Waals surface area contributed by atoms with Crippen LogP contribution in [0.25, 0.3) is 0 Å². The lowest BCUT2D eigenvalue weighted by molar-refractivity contribution is 0.0519. The average Bonchev–Trinajstić information content (AvgIpc) is 2.41. The van der Waals surface area contributed by atoms with Crippen molar-refractivity contribution in [2.75, 3.05) is 0 Å². The normalized spacial score (nSPS) is 10.6. The smallest absolute Gasteiger partial charge is 0.313 e. The van der Waals surface area contributed by atoms with Crippen molar-refractivity contribution >= 4 is 12.2 Å². The van der Waals surface area contributed by atoms with Crippen LogP contribution in [0.3, 0.4) is 0 Å². The molecule has 0 saturated heterocycles. The molecule has 0 N–H and O–H groups in total. The van der Waals surface area contributed by atoms with Gasteiger partial charge in [-0.1, -0.05) is 35.0 Å². The largest absolute Gasteiger partial charge is 0.365 e. The Labute approximate surface area is 110 Å². The molecule has 2 rings (SSSR count). The Kier molecular flexibility index (Phi) is 4.03. The van der Waals surface area contributed by atoms with Crippen LogP contribution in [0.2, 0.25) is 0 Å². The van der Waals surface area contributed by atoms with E-state index in [0.717, 1.165) is 11.1 Å². The van der Waals surface area contributed by atoms with E-state index >= 15 is 0 Å². The van der Waals surface area contributed by atoms with Crippen molar-refractivity contribution in [3.8, 4) is 0 Å². The molecule has 0 spiro atoms. The first-order valence-electron chi connectivity index (χ1n) is 5.72. The standard InChI is InChI=1S/C15H12FNO2/c1-11-2-4-12(5-3-11)10-17-19-15(18)13-6-8-14(16)9-7-13/h2-10H,1H3. The number of carbonyl (C=O) groups is 1. The molecule has 4 heteroatoms. The maximum Gasteiger partial charge on any atom is 0.365 e. The van der Waals surface area contributed by atoms with E-state index in [4.69, 9.17) is 4.84 Å². The van der Waals surface area contributed by atoms with E-state index in [1.807, 2.05) is 31.2 Å². The van der Waals surface area contributed by atoms with Gasteiger partial charge in [0.05, 0.1) is 11.8 Å². The molecule has 0 bridgehead atoms. The Balaban J connectivity index is 1.96. The number of benzene rings is 2. The van der Waals surface area contributed by atoms with Crippen LogP contribution in [0.4, 0.5) is 4.39 Å². The molecule has 96 valence electrons. The number of carbonyl (C=O) groups excluding carboxylic acids is 1. The SMILES string of the molecule is Cc1ccc(C=NOC(=O)c2ccc(F)cc2)cc1. The second-order valence-corrected chi connectivity index (χ2v) is 4.03. The summed E-state index contributed by atoms with van der Waals surface area (Å²) in [5.41, 5.74) is 2.22. The summed E-state index contributed by atoms with van der Waals surface area (Å²) >= 11 is 0. The predicted octanol–water partition coefficient (Wildman–Crippen LogP) is 3.33. The van der Waals surface area contributed by atoms with Gasteiger partial charge in [0.25, 0.3) is 0 Å². The molecular formula is C15H12FNO2. The molecule has 0 aliphatic carbocycles. The molecule has 0 aromatic heterocycles. The van der Waals surface area contributed by atoms with Crippen molar-refractivity contribution in [3.63, 3.8) is 0 Å². The van der Waals surface area contributed by atoms with Crippen LogP contribution in [0.5, 0.6) is 0 Å². The Morgan fingerprint density at radius 3 is 2.37 bits per heavy atom. The van der Waals surface area contributed by atoms with Crippen molar-refractivity contribution in [1.29, 1.82) is 0 Å². The Morgan fingerprint density at radius 2 is 1.74 bits per heavy atom. The van der Waals surface area contributed by atoms with Crippen molar-refractivity contribution in [3.05, 3.63) is 71.0 Å². The number of halogens is 1. The highest BCUT2D eigenvalue weighted by molar-refractivity contribution is 5.90. The lowest BCUT2D eigenvalue weighted by atomic mass is 10.2. The van der Waals surface area contributed by atoms with Gasteiger partial charge in [0.15, 0.2) is 0 Å². The summed E-state index contributed by atoms with van der Waals surface area (Å²) in [4.78, 5) is 16.3. The minimum absolute atomic E-state index is 0.252. The van der Waals surface area contributed by atoms with E-state index in [0.29, 0.717) is 0 Å². The predicted molar refractivity (Wildman–Crippen MR) is 70.6 cm³/mol. The zero-order valence-corrected chi connectivity index (χ0v) is 10.3. The second-order valence-electron chi connectivity index (χ2n) is 4.03. The molecule has 0 aliphatic rings. The molecular weight excluding hydrogens is 245 g/mol. The molecule has 0 heterocycles. The maximum atomic E-state index is 12.7. The molecule has 0 aliphatic heterocycles. The minimum Gasteiger partial charge on any atom is -0.313 e. The third-order valence-corrected chi connectivity index (χ3v) is 2.49. The number of rotatable bonds is 3. The number of nitrogens with zero attached hydrogens (tertiary/aromatic N) is 1. The molecule has 0 saturated carbocycles. The summed E-state index contributed by atoms with van der Waals surface area (Å²) in [7, 11) is 0. The first-order valence-corrected chi connectivity index (χ1v) is 5.72. The quantitative estimate of drug-likeness (QED) is 0.480. The zero-order valence-electron chi connectivity index (χ0n) is 10.3. The maximum absolute atomic E-state index is 12.7. The third-order valence-electron chi connectivity index (χ3n) is 2.49. The van der Waals surface area contributed by atoms with E-state index in [2.05, 4.69) is 5.16 Å². The molecule has 0 fully saturated rings. The average molecular weight is 257 g/mol. The molecule has 0 amide bonds. The van der Waals surface area contributed by atoms with Crippen molar-refractivity contribution in [2.24, 2.45) is 5.16 Å². The van der Waals surface area contributed by atoms with Gasteiger partial charge in [0.1, 0.15) is 5.82 Å². The fourth-order valence-corrected chi connectivity index (χ4v) is 1.43. The first-order chi connectivity index (χ1) is 9.15. The number of hydrogen-bond acceptors (Lipinski definition) is 3. The Hall–Kier alpha value is -2.49. The van der Waals surface area contributed by atoms with Crippen LogP contribution in [-0.4, -0.2) is 12.2 Å². The van der Waals surface area contributed by atoms with E-state index in [-0.39, 0.29) is 5.56 Å². The summed E-state index contributed by atoms with van der Waals surface area (Å²) in [6, 6.07) is 12.7. The summed E-state index contributed by atoms with van der Waals surface area (Å²) in [6.07, 6.45) is 1.45. The van der Waals surface area contributed by atoms with Gasteiger partial charge in [-0.3, -0.25) is 0 Å². The lowest BCUT2D eigenvalue weighted by Gasteiger charge is -1.98. The minimum atomic E-state index is -0.622. The van der Waals surface area contributed by atoms with Gasteiger partial charge in [0.2, 0.25) is 0 Å². The van der Waals surface area contributed by atoms with Crippen LogP contribution in [0.1, 0.15) is 21.5 Å². The molecule has 3 nitrogen and oxygen atoms in total. The molecule has 2 aromatic rings. The van der Waals surface area contributed by atoms with Crippen LogP contribution in [-0.2, 0) is 4.84 Å². The summed E-state index contributed by atoms with van der Waals surface area (Å²) in [5, 5.41) is 3.60. The summed E-state index contributed by atoms with van der Waals surface area (Å²) in [6.45, 7) is 1.98. The van der Waals surface area contributed by atoms with Crippen molar-refractivity contribution in [1.82, 2.24) is 0 Å². The fourth-order valence-electron chi connectivity index (χ4n) is 1.43. The summed E-state index contributed by atoms with van der Waals surface area (Å²) in [5.74, 6) is -1.02. The number of oxime groups is 1. The van der Waals surface area contributed by atoms with Gasteiger partial charge < -0.3 is 4.84 Å². The number of hydrogen-bond donors (Lipinski definition) is 0. The van der Waals surface area contributed by atoms with Gasteiger partial charge in [-0.15, -0.1) is 0 Å². The van der Waals surface area contributed by atoms with E-state index in [1.165, 1.54) is 30.5 Å². The fraction of sp³-hybridized carbons (Fsp3) is 0.0667. The second kappa shape index (κ2) is 5.91. The highest BCUT2D eigenvalue weighted by atomic mass is 19.1. The first kappa shape index (κ1) is 13.0. The zero-order chi connectivity index (χ0) is 13.7. The van der Waals surface area contributed by atoms with E-state index in [9.17, 15) is 9.18 Å². The third kappa shape index (κ3) is 3.74. The van der Waals surface area contributed by atoms with Crippen LogP contribution < -0.4 is 0 Å².